The van der Waals surface area contributed by atoms with Crippen LogP contribution < -0.4 is 4.90 Å². The third-order valence-electron chi connectivity index (χ3n) is 4.37. The Morgan fingerprint density at radius 3 is 2.35 bits per heavy atom. The average molecular weight is 394 g/mol. The number of benzene rings is 1. The molecule has 0 aromatic heterocycles. The summed E-state index contributed by atoms with van der Waals surface area (Å²) < 4.78 is 4.51. The summed E-state index contributed by atoms with van der Waals surface area (Å²) in [5, 5.41) is -0.244. The van der Waals surface area contributed by atoms with E-state index in [1.165, 1.54) is 19.2 Å². The molecule has 26 heavy (non-hydrogen) atoms. The van der Waals surface area contributed by atoms with Gasteiger partial charge in [-0.2, -0.15) is 0 Å². The highest BCUT2D eigenvalue weighted by atomic mass is 35.5. The highest BCUT2D eigenvalue weighted by molar-refractivity contribution is 8.14. The summed E-state index contributed by atoms with van der Waals surface area (Å²) in [7, 11) is 1.24. The van der Waals surface area contributed by atoms with Crippen molar-refractivity contribution in [3.63, 3.8) is 0 Å². The van der Waals surface area contributed by atoms with Crippen LogP contribution in [0.4, 0.5) is 5.69 Å². The van der Waals surface area contributed by atoms with E-state index in [1.54, 1.807) is 6.07 Å². The summed E-state index contributed by atoms with van der Waals surface area (Å²) >= 11 is 6.85. The van der Waals surface area contributed by atoms with Crippen molar-refractivity contribution in [1.82, 2.24) is 0 Å². The standard InChI is InChI=1S/C18H16ClNO5S/c1-25-15(21)9-26-18(24)13-8-10(6-7-14(13)19)20-16(22)11-4-2-3-5-12(11)17(20)23/h6-8H,2-5,9H2,1H3. The summed E-state index contributed by atoms with van der Waals surface area (Å²) in [5.41, 5.74) is 1.60. The SMILES string of the molecule is COC(=O)CSC(=O)c1cc(N2C(=O)C3=C(CCCC3)C2=O)ccc1Cl. The minimum atomic E-state index is -0.530. The van der Waals surface area contributed by atoms with Crippen molar-refractivity contribution in [2.24, 2.45) is 0 Å². The van der Waals surface area contributed by atoms with Crippen LogP contribution in [0.15, 0.2) is 29.3 Å². The van der Waals surface area contributed by atoms with Crippen LogP contribution in [0, 0.1) is 0 Å². The molecule has 1 aliphatic heterocycles. The zero-order valence-corrected chi connectivity index (χ0v) is 15.6. The Bertz CT molecular complexity index is 820. The summed E-state index contributed by atoms with van der Waals surface area (Å²) in [5.74, 6) is -1.33. The molecule has 0 spiro atoms. The van der Waals surface area contributed by atoms with Gasteiger partial charge in [-0.15, -0.1) is 0 Å². The maximum Gasteiger partial charge on any atom is 0.316 e. The number of ether oxygens (including phenoxy) is 1. The zero-order valence-electron chi connectivity index (χ0n) is 14.0. The van der Waals surface area contributed by atoms with Crippen LogP contribution in [-0.2, 0) is 19.1 Å². The molecule has 2 amide bonds. The van der Waals surface area contributed by atoms with Crippen molar-refractivity contribution in [3.8, 4) is 0 Å². The Kier molecular flexibility index (Phi) is 5.48. The van der Waals surface area contributed by atoms with Crippen molar-refractivity contribution in [2.75, 3.05) is 17.8 Å². The molecule has 0 saturated heterocycles. The molecule has 0 fully saturated rings. The van der Waals surface area contributed by atoms with Gasteiger partial charge in [0.05, 0.1) is 23.6 Å². The number of hydrogen-bond acceptors (Lipinski definition) is 6. The van der Waals surface area contributed by atoms with Gasteiger partial charge in [-0.05, 0) is 43.9 Å². The average Bonchev–Trinajstić information content (AvgIpc) is 2.91. The minimum absolute atomic E-state index is 0.142. The number of anilines is 1. The zero-order chi connectivity index (χ0) is 18.8. The van der Waals surface area contributed by atoms with E-state index < -0.39 is 11.1 Å². The number of amides is 2. The fraction of sp³-hybridized carbons (Fsp3) is 0.333. The largest absolute Gasteiger partial charge is 0.468 e. The molecule has 2 aliphatic rings. The number of methoxy groups -OCH3 is 1. The minimum Gasteiger partial charge on any atom is -0.468 e. The maximum atomic E-state index is 12.6. The van der Waals surface area contributed by atoms with Gasteiger partial charge in [0.2, 0.25) is 5.12 Å². The molecule has 1 aliphatic carbocycles. The lowest BCUT2D eigenvalue weighted by Crippen LogP contribution is -2.31. The summed E-state index contributed by atoms with van der Waals surface area (Å²) in [6.45, 7) is 0. The van der Waals surface area contributed by atoms with Gasteiger partial charge in [-0.25, -0.2) is 4.90 Å². The lowest BCUT2D eigenvalue weighted by Gasteiger charge is -2.16. The smallest absolute Gasteiger partial charge is 0.316 e. The van der Waals surface area contributed by atoms with Gasteiger partial charge in [0.25, 0.3) is 11.8 Å². The highest BCUT2D eigenvalue weighted by Crippen LogP contribution is 2.37. The summed E-state index contributed by atoms with van der Waals surface area (Å²) in [6, 6.07) is 4.43. The van der Waals surface area contributed by atoms with Crippen molar-refractivity contribution >= 4 is 51.9 Å². The highest BCUT2D eigenvalue weighted by Gasteiger charge is 2.39. The predicted molar refractivity (Wildman–Crippen MR) is 98.2 cm³/mol. The number of nitrogens with zero attached hydrogens (tertiary/aromatic N) is 1. The normalized spacial score (nSPS) is 16.8. The van der Waals surface area contributed by atoms with Gasteiger partial charge < -0.3 is 4.74 Å². The Balaban J connectivity index is 1.86. The number of imide groups is 1. The molecule has 0 atom stereocenters. The second-order valence-corrected chi connectivity index (χ2v) is 7.28. The second kappa shape index (κ2) is 7.63. The van der Waals surface area contributed by atoms with E-state index in [4.69, 9.17) is 11.6 Å². The summed E-state index contributed by atoms with van der Waals surface area (Å²) in [4.78, 5) is 49.9. The number of esters is 1. The van der Waals surface area contributed by atoms with E-state index >= 15 is 0 Å². The molecule has 0 radical (unpaired) electrons. The fourth-order valence-electron chi connectivity index (χ4n) is 3.04. The fourth-order valence-corrected chi connectivity index (χ4v) is 3.99. The van der Waals surface area contributed by atoms with E-state index in [1.807, 2.05) is 0 Å². The lowest BCUT2D eigenvalue weighted by atomic mass is 9.93. The molecule has 1 heterocycles. The molecular weight excluding hydrogens is 378 g/mol. The number of carbonyl (C=O) groups is 4. The molecule has 0 N–H and O–H groups in total. The van der Waals surface area contributed by atoms with Gasteiger partial charge in [-0.1, -0.05) is 23.4 Å². The first-order chi connectivity index (χ1) is 12.4. The Morgan fingerprint density at radius 1 is 1.15 bits per heavy atom. The Hall–Kier alpha value is -2.12. The first-order valence-corrected chi connectivity index (χ1v) is 9.44. The molecule has 8 heteroatoms. The second-order valence-electron chi connectivity index (χ2n) is 5.93. The van der Waals surface area contributed by atoms with Crippen LogP contribution >= 0.6 is 23.4 Å². The number of carbonyl (C=O) groups excluding carboxylic acids is 4. The first-order valence-electron chi connectivity index (χ1n) is 8.08. The Labute approximate surface area is 159 Å². The maximum absolute atomic E-state index is 12.6. The van der Waals surface area contributed by atoms with Crippen LogP contribution in [0.25, 0.3) is 0 Å². The first kappa shape index (κ1) is 18.7. The van der Waals surface area contributed by atoms with Gasteiger partial charge in [0, 0.05) is 16.7 Å². The van der Waals surface area contributed by atoms with E-state index in [2.05, 4.69) is 4.74 Å². The van der Waals surface area contributed by atoms with E-state index in [0.29, 0.717) is 29.7 Å². The lowest BCUT2D eigenvalue weighted by molar-refractivity contribution is -0.137. The molecule has 3 rings (SSSR count). The molecule has 0 saturated carbocycles. The van der Waals surface area contributed by atoms with Crippen molar-refractivity contribution in [3.05, 3.63) is 39.9 Å². The number of hydrogen-bond donors (Lipinski definition) is 0. The third kappa shape index (κ3) is 3.41. The van der Waals surface area contributed by atoms with Crippen molar-refractivity contribution in [2.45, 2.75) is 25.7 Å². The van der Waals surface area contributed by atoms with E-state index in [0.717, 1.165) is 29.5 Å². The molecule has 0 bridgehead atoms. The van der Waals surface area contributed by atoms with Gasteiger partial charge in [-0.3, -0.25) is 19.2 Å². The van der Waals surface area contributed by atoms with Crippen LogP contribution in [0.2, 0.25) is 5.02 Å². The van der Waals surface area contributed by atoms with Crippen molar-refractivity contribution in [1.29, 1.82) is 0 Å². The molecule has 6 nitrogen and oxygen atoms in total. The van der Waals surface area contributed by atoms with Gasteiger partial charge in [0.15, 0.2) is 0 Å². The van der Waals surface area contributed by atoms with Gasteiger partial charge in [0.1, 0.15) is 0 Å². The van der Waals surface area contributed by atoms with E-state index in [9.17, 15) is 19.2 Å². The van der Waals surface area contributed by atoms with Crippen LogP contribution in [0.5, 0.6) is 0 Å². The third-order valence-corrected chi connectivity index (χ3v) is 5.56. The Morgan fingerprint density at radius 2 is 1.77 bits per heavy atom. The van der Waals surface area contributed by atoms with Crippen LogP contribution in [-0.4, -0.2) is 35.8 Å². The molecule has 1 aromatic rings. The molecular formula is C18H16ClNO5S. The number of halogens is 1. The number of thioether (sulfide) groups is 1. The topological polar surface area (TPSA) is 80.8 Å². The van der Waals surface area contributed by atoms with Crippen LogP contribution in [0.3, 0.4) is 0 Å². The van der Waals surface area contributed by atoms with Crippen molar-refractivity contribution < 1.29 is 23.9 Å². The monoisotopic (exact) mass is 393 g/mol. The van der Waals surface area contributed by atoms with Gasteiger partial charge >= 0.3 is 5.97 Å². The molecule has 136 valence electrons. The van der Waals surface area contributed by atoms with E-state index in [-0.39, 0.29) is 28.2 Å². The number of rotatable bonds is 4. The summed E-state index contributed by atoms with van der Waals surface area (Å²) in [6.07, 6.45) is 2.98. The predicted octanol–water partition coefficient (Wildman–Crippen LogP) is 3.13. The molecule has 1 aromatic carbocycles. The quantitative estimate of drug-likeness (QED) is 0.577. The van der Waals surface area contributed by atoms with Crippen LogP contribution in [0.1, 0.15) is 36.0 Å². The molecule has 0 unspecified atom stereocenters.